The van der Waals surface area contributed by atoms with Gasteiger partial charge in [0.05, 0.1) is 12.2 Å². The predicted molar refractivity (Wildman–Crippen MR) is 89.4 cm³/mol. The Morgan fingerprint density at radius 2 is 2.00 bits per heavy atom. The minimum absolute atomic E-state index is 0.176. The highest BCUT2D eigenvalue weighted by Gasteiger charge is 2.11. The number of nitrogens with zero attached hydrogens (tertiary/aromatic N) is 4. The number of thiazole rings is 1. The SMILES string of the molecule is O=c1n(Cc2nc(-c3ccc(O)c(O)c3)cs2)nc2ccccn12. The molecule has 0 atom stereocenters. The lowest BCUT2D eigenvalue weighted by molar-refractivity contribution is 0.404. The van der Waals surface area contributed by atoms with E-state index in [1.54, 1.807) is 24.4 Å². The second-order valence-corrected chi connectivity index (χ2v) is 6.14. The maximum Gasteiger partial charge on any atom is 0.350 e. The Kier molecular flexibility index (Phi) is 3.31. The summed E-state index contributed by atoms with van der Waals surface area (Å²) in [6, 6.07) is 9.90. The summed E-state index contributed by atoms with van der Waals surface area (Å²) in [6.07, 6.45) is 1.67. The molecule has 0 spiro atoms. The fourth-order valence-corrected chi connectivity index (χ4v) is 3.18. The molecule has 1 aromatic carbocycles. The molecule has 0 aliphatic heterocycles. The van der Waals surface area contributed by atoms with E-state index in [-0.39, 0.29) is 23.7 Å². The first-order valence-electron chi connectivity index (χ1n) is 7.13. The van der Waals surface area contributed by atoms with Gasteiger partial charge in [-0.05, 0) is 30.3 Å². The summed E-state index contributed by atoms with van der Waals surface area (Å²) < 4.78 is 2.85. The van der Waals surface area contributed by atoms with Gasteiger partial charge in [0, 0.05) is 17.1 Å². The van der Waals surface area contributed by atoms with Crippen molar-refractivity contribution >= 4 is 17.0 Å². The van der Waals surface area contributed by atoms with Crippen molar-refractivity contribution in [3.05, 3.63) is 63.5 Å². The zero-order valence-corrected chi connectivity index (χ0v) is 13.1. The number of aromatic nitrogens is 4. The molecule has 0 radical (unpaired) electrons. The van der Waals surface area contributed by atoms with E-state index >= 15 is 0 Å². The molecule has 120 valence electrons. The van der Waals surface area contributed by atoms with E-state index < -0.39 is 0 Å². The second kappa shape index (κ2) is 5.50. The molecule has 3 heterocycles. The van der Waals surface area contributed by atoms with Gasteiger partial charge in [-0.1, -0.05) is 6.07 Å². The van der Waals surface area contributed by atoms with Gasteiger partial charge in [-0.3, -0.25) is 4.40 Å². The van der Waals surface area contributed by atoms with Gasteiger partial charge in [0.1, 0.15) is 5.01 Å². The van der Waals surface area contributed by atoms with Gasteiger partial charge in [0.2, 0.25) is 0 Å². The molecule has 0 unspecified atom stereocenters. The molecule has 2 N–H and O–H groups in total. The van der Waals surface area contributed by atoms with E-state index in [1.807, 2.05) is 11.4 Å². The van der Waals surface area contributed by atoms with Crippen LogP contribution >= 0.6 is 11.3 Å². The zero-order chi connectivity index (χ0) is 16.7. The summed E-state index contributed by atoms with van der Waals surface area (Å²) in [4.78, 5) is 16.7. The first-order valence-corrected chi connectivity index (χ1v) is 8.01. The van der Waals surface area contributed by atoms with Gasteiger partial charge < -0.3 is 10.2 Å². The molecule has 8 heteroatoms. The van der Waals surface area contributed by atoms with Crippen molar-refractivity contribution in [2.45, 2.75) is 6.54 Å². The van der Waals surface area contributed by atoms with Crippen LogP contribution in [0.25, 0.3) is 16.9 Å². The van der Waals surface area contributed by atoms with E-state index in [2.05, 4.69) is 10.1 Å². The number of hydrogen-bond donors (Lipinski definition) is 2. The molecule has 24 heavy (non-hydrogen) atoms. The van der Waals surface area contributed by atoms with Gasteiger partial charge in [0.15, 0.2) is 17.1 Å². The largest absolute Gasteiger partial charge is 0.504 e. The first-order chi connectivity index (χ1) is 11.6. The molecule has 4 aromatic rings. The van der Waals surface area contributed by atoms with Gasteiger partial charge in [0.25, 0.3) is 0 Å². The molecule has 0 saturated carbocycles. The minimum atomic E-state index is -0.218. The van der Waals surface area contributed by atoms with Crippen molar-refractivity contribution in [3.8, 4) is 22.8 Å². The Labute approximate surface area is 139 Å². The Hall–Kier alpha value is -3.13. The van der Waals surface area contributed by atoms with Crippen molar-refractivity contribution in [1.82, 2.24) is 19.2 Å². The fourth-order valence-electron chi connectivity index (χ4n) is 2.40. The third-order valence-corrected chi connectivity index (χ3v) is 4.43. The Morgan fingerprint density at radius 3 is 2.79 bits per heavy atom. The molecule has 0 saturated heterocycles. The normalized spacial score (nSPS) is 11.2. The monoisotopic (exact) mass is 340 g/mol. The maximum absolute atomic E-state index is 12.3. The van der Waals surface area contributed by atoms with Crippen molar-refractivity contribution < 1.29 is 10.2 Å². The Balaban J connectivity index is 1.66. The summed E-state index contributed by atoms with van der Waals surface area (Å²) in [5, 5.41) is 25.8. The van der Waals surface area contributed by atoms with E-state index in [0.29, 0.717) is 16.9 Å². The zero-order valence-electron chi connectivity index (χ0n) is 12.3. The number of aromatic hydroxyl groups is 2. The highest BCUT2D eigenvalue weighted by atomic mass is 32.1. The van der Waals surface area contributed by atoms with Crippen molar-refractivity contribution in [1.29, 1.82) is 0 Å². The van der Waals surface area contributed by atoms with Crippen LogP contribution in [0, 0.1) is 0 Å². The van der Waals surface area contributed by atoms with Crippen molar-refractivity contribution in [2.75, 3.05) is 0 Å². The molecule has 0 aliphatic carbocycles. The average Bonchev–Trinajstić information content (AvgIpc) is 3.16. The lowest BCUT2D eigenvalue weighted by Crippen LogP contribution is -2.21. The molecule has 3 aromatic heterocycles. The third-order valence-electron chi connectivity index (χ3n) is 3.60. The van der Waals surface area contributed by atoms with Crippen LogP contribution in [0.4, 0.5) is 0 Å². The highest BCUT2D eigenvalue weighted by Crippen LogP contribution is 2.31. The maximum atomic E-state index is 12.3. The van der Waals surface area contributed by atoms with Crippen LogP contribution < -0.4 is 5.69 Å². The van der Waals surface area contributed by atoms with Crippen LogP contribution in [0.1, 0.15) is 5.01 Å². The second-order valence-electron chi connectivity index (χ2n) is 5.20. The van der Waals surface area contributed by atoms with Gasteiger partial charge in [-0.25, -0.2) is 14.5 Å². The van der Waals surface area contributed by atoms with E-state index in [4.69, 9.17) is 0 Å². The van der Waals surface area contributed by atoms with E-state index in [1.165, 1.54) is 32.6 Å². The van der Waals surface area contributed by atoms with Crippen molar-refractivity contribution in [2.24, 2.45) is 0 Å². The summed E-state index contributed by atoms with van der Waals surface area (Å²) in [7, 11) is 0. The molecule has 0 bridgehead atoms. The summed E-state index contributed by atoms with van der Waals surface area (Å²) in [5.74, 6) is -0.371. The molecule has 4 rings (SSSR count). The quantitative estimate of drug-likeness (QED) is 0.557. The number of pyridine rings is 1. The molecular formula is C16H12N4O3S. The number of phenols is 2. The van der Waals surface area contributed by atoms with E-state index in [9.17, 15) is 15.0 Å². The van der Waals surface area contributed by atoms with Crippen LogP contribution in [0.15, 0.2) is 52.8 Å². The fraction of sp³-hybridized carbons (Fsp3) is 0.0625. The smallest absolute Gasteiger partial charge is 0.350 e. The lowest BCUT2D eigenvalue weighted by atomic mass is 10.1. The standard InChI is InChI=1S/C16H12N4O3S/c21-12-5-4-10(7-13(12)22)11-9-24-15(17-11)8-20-16(23)19-6-2-1-3-14(19)18-20/h1-7,9,21-22H,8H2. The lowest BCUT2D eigenvalue weighted by Gasteiger charge is -2.00. The van der Waals surface area contributed by atoms with Crippen LogP contribution in [-0.2, 0) is 6.54 Å². The van der Waals surface area contributed by atoms with Gasteiger partial charge in [-0.15, -0.1) is 16.4 Å². The predicted octanol–water partition coefficient (Wildman–Crippen LogP) is 2.08. The van der Waals surface area contributed by atoms with Crippen molar-refractivity contribution in [3.63, 3.8) is 0 Å². The topological polar surface area (TPSA) is 92.7 Å². The van der Waals surface area contributed by atoms with Crippen LogP contribution in [0.3, 0.4) is 0 Å². The summed E-state index contributed by atoms with van der Waals surface area (Å²) in [6.45, 7) is 0.273. The summed E-state index contributed by atoms with van der Waals surface area (Å²) in [5.41, 5.74) is 1.73. The number of fused-ring (bicyclic) bond motifs is 1. The van der Waals surface area contributed by atoms with Crippen LogP contribution in [-0.4, -0.2) is 29.4 Å². The van der Waals surface area contributed by atoms with E-state index in [0.717, 1.165) is 5.01 Å². The Bertz CT molecular complexity index is 1100. The number of benzene rings is 1. The molecular weight excluding hydrogens is 328 g/mol. The van der Waals surface area contributed by atoms with Crippen LogP contribution in [0.5, 0.6) is 11.5 Å². The number of hydrogen-bond acceptors (Lipinski definition) is 6. The highest BCUT2D eigenvalue weighted by molar-refractivity contribution is 7.09. The summed E-state index contributed by atoms with van der Waals surface area (Å²) >= 11 is 1.40. The molecule has 7 nitrogen and oxygen atoms in total. The number of phenolic OH excluding ortho intramolecular Hbond substituents is 2. The first kappa shape index (κ1) is 14.5. The molecule has 0 amide bonds. The number of rotatable bonds is 3. The van der Waals surface area contributed by atoms with Gasteiger partial charge in [-0.2, -0.15) is 0 Å². The average molecular weight is 340 g/mol. The molecule has 0 fully saturated rings. The Morgan fingerprint density at radius 1 is 1.12 bits per heavy atom. The minimum Gasteiger partial charge on any atom is -0.504 e. The molecule has 0 aliphatic rings. The van der Waals surface area contributed by atoms with Gasteiger partial charge >= 0.3 is 5.69 Å². The van der Waals surface area contributed by atoms with Crippen LogP contribution in [0.2, 0.25) is 0 Å². The third kappa shape index (κ3) is 2.42.